The van der Waals surface area contributed by atoms with Crippen LogP contribution in [0.4, 0.5) is 0 Å². The average molecular weight is 174 g/mol. The third-order valence-corrected chi connectivity index (χ3v) is 3.05. The van der Waals surface area contributed by atoms with Crippen molar-refractivity contribution in [2.45, 2.75) is 39.2 Å². The molecule has 0 radical (unpaired) electrons. The Bertz CT molecular complexity index is 119. The molecule has 0 spiro atoms. The molecule has 2 heteroatoms. The van der Waals surface area contributed by atoms with Gasteiger partial charge in [0, 0.05) is 0 Å². The van der Waals surface area contributed by atoms with Gasteiger partial charge in [-0.05, 0) is 30.4 Å². The van der Waals surface area contributed by atoms with Gasteiger partial charge in [0.2, 0.25) is 0 Å². The third kappa shape index (κ3) is 3.04. The Labute approximate surface area is 74.9 Å². The highest BCUT2D eigenvalue weighted by Crippen LogP contribution is 2.25. The van der Waals surface area contributed by atoms with E-state index < -0.39 is 0 Å². The van der Waals surface area contributed by atoms with E-state index in [1.54, 1.807) is 0 Å². The fourth-order valence-corrected chi connectivity index (χ4v) is 1.02. The van der Waals surface area contributed by atoms with Crippen LogP contribution in [-0.4, -0.2) is 18.5 Å². The molecule has 0 bridgehead atoms. The lowest BCUT2D eigenvalue weighted by molar-refractivity contribution is -0.0298. The van der Waals surface area contributed by atoms with E-state index in [1.807, 2.05) is 0 Å². The Morgan fingerprint density at radius 3 is 2.45 bits per heavy atom. The fraction of sp³-hybridized carbons (Fsp3) is 1.00. The molecule has 0 aromatic heterocycles. The number of rotatable bonds is 4. The molecule has 1 fully saturated rings. The summed E-state index contributed by atoms with van der Waals surface area (Å²) >= 11 is 4.27. The molecule has 0 heterocycles. The summed E-state index contributed by atoms with van der Waals surface area (Å²) in [5, 5.41) is 0. The first-order valence-electron chi connectivity index (χ1n) is 4.36. The smallest absolute Gasteiger partial charge is 0.0575 e. The molecular formula is C9H18OS. The maximum absolute atomic E-state index is 5.68. The van der Waals surface area contributed by atoms with Gasteiger partial charge in [-0.15, -0.1) is 0 Å². The maximum Gasteiger partial charge on any atom is 0.0575 e. The largest absolute Gasteiger partial charge is 0.378 e. The standard InChI is InChI=1S/C9H18OS/c1-9(2,7-11)6-10-8-4-3-5-8/h8,11H,3-7H2,1-2H3. The molecule has 1 aliphatic rings. The van der Waals surface area contributed by atoms with Gasteiger partial charge in [0.25, 0.3) is 0 Å². The van der Waals surface area contributed by atoms with Gasteiger partial charge in [0.15, 0.2) is 0 Å². The van der Waals surface area contributed by atoms with Gasteiger partial charge in [-0.25, -0.2) is 0 Å². The number of hydrogen-bond donors (Lipinski definition) is 1. The quantitative estimate of drug-likeness (QED) is 0.644. The van der Waals surface area contributed by atoms with E-state index in [4.69, 9.17) is 4.74 Å². The van der Waals surface area contributed by atoms with Crippen LogP contribution in [0, 0.1) is 5.41 Å². The van der Waals surface area contributed by atoms with Crippen LogP contribution in [0.1, 0.15) is 33.1 Å². The van der Waals surface area contributed by atoms with E-state index >= 15 is 0 Å². The fourth-order valence-electron chi connectivity index (χ4n) is 0.927. The number of ether oxygens (including phenoxy) is 1. The highest BCUT2D eigenvalue weighted by atomic mass is 32.1. The third-order valence-electron chi connectivity index (χ3n) is 2.19. The summed E-state index contributed by atoms with van der Waals surface area (Å²) in [7, 11) is 0. The predicted molar refractivity (Wildman–Crippen MR) is 51.2 cm³/mol. The zero-order chi connectivity index (χ0) is 8.32. The lowest BCUT2D eigenvalue weighted by Gasteiger charge is -2.30. The minimum absolute atomic E-state index is 0.249. The van der Waals surface area contributed by atoms with Gasteiger partial charge in [-0.2, -0.15) is 12.6 Å². The maximum atomic E-state index is 5.68. The second-order valence-corrected chi connectivity index (χ2v) is 4.50. The van der Waals surface area contributed by atoms with Crippen LogP contribution in [0.5, 0.6) is 0 Å². The van der Waals surface area contributed by atoms with Crippen LogP contribution in [0.15, 0.2) is 0 Å². The first kappa shape index (κ1) is 9.40. The van der Waals surface area contributed by atoms with E-state index in [2.05, 4.69) is 26.5 Å². The molecule has 0 aromatic rings. The van der Waals surface area contributed by atoms with Crippen molar-refractivity contribution in [2.75, 3.05) is 12.4 Å². The lowest BCUT2D eigenvalue weighted by atomic mass is 9.94. The summed E-state index contributed by atoms with van der Waals surface area (Å²) in [5.74, 6) is 0.902. The van der Waals surface area contributed by atoms with Crippen molar-refractivity contribution in [1.29, 1.82) is 0 Å². The Balaban J connectivity index is 2.09. The molecule has 1 aliphatic carbocycles. The van der Waals surface area contributed by atoms with E-state index in [-0.39, 0.29) is 5.41 Å². The molecule has 0 aromatic carbocycles. The highest BCUT2D eigenvalue weighted by molar-refractivity contribution is 7.80. The monoisotopic (exact) mass is 174 g/mol. The zero-order valence-corrected chi connectivity index (χ0v) is 8.36. The van der Waals surface area contributed by atoms with E-state index in [0.29, 0.717) is 6.10 Å². The minimum Gasteiger partial charge on any atom is -0.378 e. The summed E-state index contributed by atoms with van der Waals surface area (Å²) < 4.78 is 5.68. The van der Waals surface area contributed by atoms with Gasteiger partial charge in [0.05, 0.1) is 12.7 Å². The second kappa shape index (κ2) is 3.81. The normalized spacial score (nSPS) is 19.9. The van der Waals surface area contributed by atoms with Gasteiger partial charge >= 0.3 is 0 Å². The van der Waals surface area contributed by atoms with E-state index in [0.717, 1.165) is 12.4 Å². The average Bonchev–Trinajstić information content (AvgIpc) is 1.84. The Hall–Kier alpha value is 0.310. The molecular weight excluding hydrogens is 156 g/mol. The van der Waals surface area contributed by atoms with Crippen molar-refractivity contribution in [3.63, 3.8) is 0 Å². The lowest BCUT2D eigenvalue weighted by Crippen LogP contribution is -2.29. The summed E-state index contributed by atoms with van der Waals surface area (Å²) in [5.41, 5.74) is 0.249. The van der Waals surface area contributed by atoms with Crippen molar-refractivity contribution >= 4 is 12.6 Å². The molecule has 1 rings (SSSR count). The molecule has 0 N–H and O–H groups in total. The predicted octanol–water partition coefficient (Wildman–Crippen LogP) is 2.51. The van der Waals surface area contributed by atoms with Gasteiger partial charge < -0.3 is 4.74 Å². The number of thiol groups is 1. The molecule has 11 heavy (non-hydrogen) atoms. The van der Waals surface area contributed by atoms with Crippen LogP contribution in [0.3, 0.4) is 0 Å². The first-order chi connectivity index (χ1) is 5.14. The molecule has 0 amide bonds. The van der Waals surface area contributed by atoms with Gasteiger partial charge in [0.1, 0.15) is 0 Å². The van der Waals surface area contributed by atoms with Crippen LogP contribution in [0.25, 0.3) is 0 Å². The molecule has 66 valence electrons. The summed E-state index contributed by atoms with van der Waals surface area (Å²) in [6.45, 7) is 5.25. The molecule has 0 aliphatic heterocycles. The molecule has 1 saturated carbocycles. The zero-order valence-electron chi connectivity index (χ0n) is 7.47. The van der Waals surface area contributed by atoms with Crippen molar-refractivity contribution in [2.24, 2.45) is 5.41 Å². The first-order valence-corrected chi connectivity index (χ1v) is 5.00. The molecule has 0 atom stereocenters. The summed E-state index contributed by atoms with van der Waals surface area (Å²) in [6.07, 6.45) is 4.45. The van der Waals surface area contributed by atoms with Crippen molar-refractivity contribution in [1.82, 2.24) is 0 Å². The minimum atomic E-state index is 0.249. The van der Waals surface area contributed by atoms with Crippen LogP contribution < -0.4 is 0 Å². The molecule has 0 unspecified atom stereocenters. The second-order valence-electron chi connectivity index (χ2n) is 4.19. The Kier molecular flexibility index (Phi) is 3.26. The van der Waals surface area contributed by atoms with Crippen molar-refractivity contribution < 1.29 is 4.74 Å². The Morgan fingerprint density at radius 2 is 2.09 bits per heavy atom. The molecule has 1 nitrogen and oxygen atoms in total. The highest BCUT2D eigenvalue weighted by Gasteiger charge is 2.22. The van der Waals surface area contributed by atoms with E-state index in [1.165, 1.54) is 19.3 Å². The van der Waals surface area contributed by atoms with Crippen molar-refractivity contribution in [3.8, 4) is 0 Å². The molecule has 0 saturated heterocycles. The Morgan fingerprint density at radius 1 is 1.45 bits per heavy atom. The van der Waals surface area contributed by atoms with Crippen LogP contribution >= 0.6 is 12.6 Å². The van der Waals surface area contributed by atoms with Crippen LogP contribution in [-0.2, 0) is 4.74 Å². The van der Waals surface area contributed by atoms with Crippen LogP contribution in [0.2, 0.25) is 0 Å². The summed E-state index contributed by atoms with van der Waals surface area (Å²) in [6, 6.07) is 0. The van der Waals surface area contributed by atoms with Crippen molar-refractivity contribution in [3.05, 3.63) is 0 Å². The topological polar surface area (TPSA) is 9.23 Å². The number of hydrogen-bond acceptors (Lipinski definition) is 2. The van der Waals surface area contributed by atoms with Gasteiger partial charge in [-0.1, -0.05) is 13.8 Å². The SMILES string of the molecule is CC(C)(CS)COC1CCC1. The van der Waals surface area contributed by atoms with E-state index in [9.17, 15) is 0 Å². The van der Waals surface area contributed by atoms with Gasteiger partial charge in [-0.3, -0.25) is 0 Å². The summed E-state index contributed by atoms with van der Waals surface area (Å²) in [4.78, 5) is 0.